The summed E-state index contributed by atoms with van der Waals surface area (Å²) in [6, 6.07) is 0. The Morgan fingerprint density at radius 3 is 1.86 bits per heavy atom. The van der Waals surface area contributed by atoms with E-state index in [2.05, 4.69) is 4.18 Å². The first-order valence-corrected chi connectivity index (χ1v) is 6.53. The van der Waals surface area contributed by atoms with Gasteiger partial charge in [-0.25, -0.2) is 8.42 Å². The topological polar surface area (TPSA) is 101 Å². The maximum atomic E-state index is 11.0. The van der Waals surface area contributed by atoms with Crippen molar-refractivity contribution in [2.75, 3.05) is 6.61 Å². The Kier molecular flexibility index (Phi) is 7.33. The Balaban J connectivity index is 0. The van der Waals surface area contributed by atoms with Gasteiger partial charge in [0.05, 0.1) is 6.61 Å². The molecule has 0 N–H and O–H groups in total. The van der Waals surface area contributed by atoms with E-state index < -0.39 is 24.8 Å². The minimum absolute atomic E-state index is 0. The second kappa shape index (κ2) is 6.10. The molecule has 1 unspecified atom stereocenters. The van der Waals surface area contributed by atoms with Gasteiger partial charge in [0.25, 0.3) is 10.1 Å². The summed E-state index contributed by atoms with van der Waals surface area (Å²) in [6.45, 7) is 2.49. The standard InChI is InChI=1S/C5H12O6S2.Li/c1-3-5(12(6,7)8)13(9,10)11-4-2;/h5H,3-4H2,1-2H3,(H,6,7,8);/q;+1/p-1. The molecule has 14 heavy (non-hydrogen) atoms. The summed E-state index contributed by atoms with van der Waals surface area (Å²) < 4.78 is 55.6. The molecule has 0 radical (unpaired) electrons. The molecule has 0 aliphatic rings. The van der Waals surface area contributed by atoms with Crippen LogP contribution < -0.4 is 18.9 Å². The molecule has 0 saturated carbocycles. The minimum atomic E-state index is -4.86. The first-order valence-electron chi connectivity index (χ1n) is 3.58. The maximum absolute atomic E-state index is 11.0. The van der Waals surface area contributed by atoms with Crippen molar-refractivity contribution in [1.29, 1.82) is 0 Å². The molecule has 0 aromatic rings. The quantitative estimate of drug-likeness (QED) is 0.281. The van der Waals surface area contributed by atoms with Gasteiger partial charge in [0, 0.05) is 0 Å². The van der Waals surface area contributed by atoms with Gasteiger partial charge in [-0.15, -0.1) is 0 Å². The second-order valence-corrected chi connectivity index (χ2v) is 5.87. The average Bonchev–Trinajstić information content (AvgIpc) is 1.83. The Labute approximate surface area is 96.1 Å². The zero-order valence-electron chi connectivity index (χ0n) is 8.26. The van der Waals surface area contributed by atoms with Crippen LogP contribution in [0.5, 0.6) is 0 Å². The first kappa shape index (κ1) is 16.8. The van der Waals surface area contributed by atoms with Crippen LogP contribution in [-0.4, -0.2) is 32.6 Å². The van der Waals surface area contributed by atoms with E-state index in [0.717, 1.165) is 0 Å². The van der Waals surface area contributed by atoms with Crippen molar-refractivity contribution < 1.29 is 44.4 Å². The van der Waals surface area contributed by atoms with Crippen LogP contribution in [0.1, 0.15) is 20.3 Å². The van der Waals surface area contributed by atoms with Crippen molar-refractivity contribution >= 4 is 20.2 Å². The molecule has 0 heterocycles. The molecule has 6 nitrogen and oxygen atoms in total. The third-order valence-electron chi connectivity index (χ3n) is 1.26. The number of rotatable bonds is 5. The molecule has 9 heteroatoms. The van der Waals surface area contributed by atoms with Crippen LogP contribution >= 0.6 is 0 Å². The van der Waals surface area contributed by atoms with Crippen molar-refractivity contribution in [2.45, 2.75) is 24.9 Å². The Morgan fingerprint density at radius 1 is 1.21 bits per heavy atom. The third kappa shape index (κ3) is 4.77. The van der Waals surface area contributed by atoms with Crippen LogP contribution in [-0.2, 0) is 24.4 Å². The molecule has 80 valence electrons. The van der Waals surface area contributed by atoms with Crippen molar-refractivity contribution in [2.24, 2.45) is 0 Å². The van der Waals surface area contributed by atoms with Gasteiger partial charge in [-0.05, 0) is 13.3 Å². The second-order valence-electron chi connectivity index (χ2n) is 2.23. The molecule has 0 aromatic heterocycles. The molecule has 0 spiro atoms. The van der Waals surface area contributed by atoms with Gasteiger partial charge in [-0.3, -0.25) is 4.18 Å². The monoisotopic (exact) mass is 238 g/mol. The van der Waals surface area contributed by atoms with Crippen molar-refractivity contribution in [3.8, 4) is 0 Å². The molecule has 0 fully saturated rings. The predicted molar refractivity (Wildman–Crippen MR) is 44.3 cm³/mol. The van der Waals surface area contributed by atoms with Gasteiger partial charge in [-0.1, -0.05) is 6.92 Å². The minimum Gasteiger partial charge on any atom is -0.747 e. The van der Waals surface area contributed by atoms with Crippen molar-refractivity contribution in [1.82, 2.24) is 0 Å². The van der Waals surface area contributed by atoms with Gasteiger partial charge < -0.3 is 4.55 Å². The van der Waals surface area contributed by atoms with Crippen LogP contribution in [0.2, 0.25) is 0 Å². The van der Waals surface area contributed by atoms with E-state index >= 15 is 0 Å². The molecule has 0 rings (SSSR count). The smallest absolute Gasteiger partial charge is 0.747 e. The average molecular weight is 238 g/mol. The van der Waals surface area contributed by atoms with E-state index in [0.29, 0.717) is 0 Å². The summed E-state index contributed by atoms with van der Waals surface area (Å²) >= 11 is 0. The van der Waals surface area contributed by atoms with Crippen LogP contribution in [0.4, 0.5) is 0 Å². The number of hydrogen-bond donors (Lipinski definition) is 0. The molecule has 0 aliphatic heterocycles. The molecule has 0 bridgehead atoms. The molecule has 0 saturated heterocycles. The maximum Gasteiger partial charge on any atom is 1.00 e. The third-order valence-corrected chi connectivity index (χ3v) is 5.19. The van der Waals surface area contributed by atoms with E-state index in [9.17, 15) is 21.4 Å². The van der Waals surface area contributed by atoms with Crippen molar-refractivity contribution in [3.05, 3.63) is 0 Å². The number of hydrogen-bond acceptors (Lipinski definition) is 6. The molecular formula is C5H11LiO6S2. The Hall–Kier alpha value is 0.417. The molecule has 0 amide bonds. The normalized spacial score (nSPS) is 14.5. The van der Waals surface area contributed by atoms with Gasteiger partial charge >= 0.3 is 18.9 Å². The molecule has 0 aromatic carbocycles. The zero-order valence-corrected chi connectivity index (χ0v) is 9.89. The SMILES string of the molecule is CCOS(=O)(=O)C(CC)S(=O)(=O)[O-].[Li+]. The molecule has 0 aliphatic carbocycles. The Morgan fingerprint density at radius 2 is 1.64 bits per heavy atom. The fourth-order valence-electron chi connectivity index (χ4n) is 0.793. The predicted octanol–water partition coefficient (Wildman–Crippen LogP) is -3.36. The van der Waals surface area contributed by atoms with E-state index in [1.165, 1.54) is 13.8 Å². The van der Waals surface area contributed by atoms with Crippen LogP contribution in [0.3, 0.4) is 0 Å². The van der Waals surface area contributed by atoms with Crippen LogP contribution in [0.25, 0.3) is 0 Å². The van der Waals surface area contributed by atoms with E-state index in [1.54, 1.807) is 0 Å². The van der Waals surface area contributed by atoms with E-state index in [-0.39, 0.29) is 31.9 Å². The summed E-state index contributed by atoms with van der Waals surface area (Å²) in [6.07, 6.45) is -0.311. The van der Waals surface area contributed by atoms with E-state index in [4.69, 9.17) is 0 Å². The van der Waals surface area contributed by atoms with Crippen LogP contribution in [0.15, 0.2) is 0 Å². The van der Waals surface area contributed by atoms with Crippen LogP contribution in [0, 0.1) is 0 Å². The Bertz CT molecular complexity index is 344. The fourth-order valence-corrected chi connectivity index (χ4v) is 3.41. The van der Waals surface area contributed by atoms with Gasteiger partial charge in [0.15, 0.2) is 4.58 Å². The summed E-state index contributed by atoms with van der Waals surface area (Å²) in [5.41, 5.74) is 0. The summed E-state index contributed by atoms with van der Waals surface area (Å²) in [5.74, 6) is 0. The summed E-state index contributed by atoms with van der Waals surface area (Å²) in [4.78, 5) is 0. The van der Waals surface area contributed by atoms with Gasteiger partial charge in [0.1, 0.15) is 10.1 Å². The first-order chi connectivity index (χ1) is 5.75. The van der Waals surface area contributed by atoms with Gasteiger partial charge in [0.2, 0.25) is 0 Å². The molecule has 1 atom stereocenters. The largest absolute Gasteiger partial charge is 1.00 e. The summed E-state index contributed by atoms with van der Waals surface area (Å²) in [7, 11) is -9.14. The zero-order chi connectivity index (χ0) is 10.7. The summed E-state index contributed by atoms with van der Waals surface area (Å²) in [5, 5.41) is 0. The molecular weight excluding hydrogens is 227 g/mol. The fraction of sp³-hybridized carbons (Fsp3) is 1.00. The van der Waals surface area contributed by atoms with Crippen molar-refractivity contribution in [3.63, 3.8) is 0 Å². The van der Waals surface area contributed by atoms with E-state index in [1.807, 2.05) is 0 Å². The van der Waals surface area contributed by atoms with Gasteiger partial charge in [-0.2, -0.15) is 8.42 Å².